The second kappa shape index (κ2) is 9.90. The highest BCUT2D eigenvalue weighted by molar-refractivity contribution is 4.96. The zero-order chi connectivity index (χ0) is 13.1. The monoisotopic (exact) mass is 255 g/mol. The average molecular weight is 255 g/mol. The van der Waals surface area contributed by atoms with Crippen LogP contribution >= 0.6 is 0 Å². The van der Waals surface area contributed by atoms with Crippen molar-refractivity contribution in [2.45, 2.75) is 19.6 Å². The SMILES string of the molecule is CCOCCOCC(O)CNCc1ccncn1. The van der Waals surface area contributed by atoms with Crippen molar-refractivity contribution in [1.82, 2.24) is 15.3 Å². The first-order chi connectivity index (χ1) is 8.83. The van der Waals surface area contributed by atoms with E-state index in [1.54, 1.807) is 6.20 Å². The normalized spacial score (nSPS) is 12.6. The number of nitrogens with zero attached hydrogens (tertiary/aromatic N) is 2. The van der Waals surface area contributed by atoms with Gasteiger partial charge in [0.15, 0.2) is 0 Å². The van der Waals surface area contributed by atoms with Crippen LogP contribution in [0.15, 0.2) is 18.6 Å². The van der Waals surface area contributed by atoms with Gasteiger partial charge < -0.3 is 19.9 Å². The Labute approximate surface area is 107 Å². The first-order valence-electron chi connectivity index (χ1n) is 6.12. The minimum Gasteiger partial charge on any atom is -0.389 e. The maximum absolute atomic E-state index is 9.62. The maximum Gasteiger partial charge on any atom is 0.115 e. The van der Waals surface area contributed by atoms with Crippen LogP contribution in [-0.4, -0.2) is 54.2 Å². The van der Waals surface area contributed by atoms with Crippen LogP contribution in [0.1, 0.15) is 12.6 Å². The second-order valence-corrected chi connectivity index (χ2v) is 3.76. The van der Waals surface area contributed by atoms with Crippen molar-refractivity contribution < 1.29 is 14.6 Å². The number of ether oxygens (including phenoxy) is 2. The molecule has 1 unspecified atom stereocenters. The van der Waals surface area contributed by atoms with Crippen molar-refractivity contribution in [3.63, 3.8) is 0 Å². The Balaban J connectivity index is 1.98. The lowest BCUT2D eigenvalue weighted by Crippen LogP contribution is -2.30. The lowest BCUT2D eigenvalue weighted by Gasteiger charge is -2.12. The summed E-state index contributed by atoms with van der Waals surface area (Å²) in [6, 6.07) is 1.83. The van der Waals surface area contributed by atoms with Crippen molar-refractivity contribution in [1.29, 1.82) is 0 Å². The van der Waals surface area contributed by atoms with Gasteiger partial charge in [-0.3, -0.25) is 0 Å². The fraction of sp³-hybridized carbons (Fsp3) is 0.667. The summed E-state index contributed by atoms with van der Waals surface area (Å²) in [5.41, 5.74) is 0.898. The highest BCUT2D eigenvalue weighted by atomic mass is 16.5. The van der Waals surface area contributed by atoms with Crippen LogP contribution in [0.4, 0.5) is 0 Å². The van der Waals surface area contributed by atoms with Crippen LogP contribution in [0, 0.1) is 0 Å². The Hall–Kier alpha value is -1.08. The van der Waals surface area contributed by atoms with Gasteiger partial charge in [-0.25, -0.2) is 9.97 Å². The number of hydrogen-bond acceptors (Lipinski definition) is 6. The molecule has 1 atom stereocenters. The van der Waals surface area contributed by atoms with Crippen molar-refractivity contribution in [3.05, 3.63) is 24.3 Å². The number of hydrogen-bond donors (Lipinski definition) is 2. The van der Waals surface area contributed by atoms with E-state index in [2.05, 4.69) is 15.3 Å². The Morgan fingerprint density at radius 2 is 2.22 bits per heavy atom. The van der Waals surface area contributed by atoms with Crippen molar-refractivity contribution in [2.75, 3.05) is 33.0 Å². The van der Waals surface area contributed by atoms with Crippen LogP contribution in [-0.2, 0) is 16.0 Å². The van der Waals surface area contributed by atoms with E-state index in [0.717, 1.165) is 5.69 Å². The van der Waals surface area contributed by atoms with Gasteiger partial charge in [0.25, 0.3) is 0 Å². The summed E-state index contributed by atoms with van der Waals surface area (Å²) < 4.78 is 10.4. The summed E-state index contributed by atoms with van der Waals surface area (Å²) in [7, 11) is 0. The van der Waals surface area contributed by atoms with E-state index in [1.807, 2.05) is 13.0 Å². The average Bonchev–Trinajstić information content (AvgIpc) is 2.40. The van der Waals surface area contributed by atoms with E-state index < -0.39 is 6.10 Å². The van der Waals surface area contributed by atoms with Crippen molar-refractivity contribution in [3.8, 4) is 0 Å². The summed E-state index contributed by atoms with van der Waals surface area (Å²) in [6.45, 7) is 5.09. The first kappa shape index (κ1) is 15.0. The molecule has 0 bridgehead atoms. The molecule has 6 heteroatoms. The van der Waals surface area contributed by atoms with Crippen molar-refractivity contribution in [2.24, 2.45) is 0 Å². The van der Waals surface area contributed by atoms with E-state index in [-0.39, 0.29) is 0 Å². The molecule has 6 nitrogen and oxygen atoms in total. The molecule has 0 radical (unpaired) electrons. The van der Waals surface area contributed by atoms with Gasteiger partial charge in [0, 0.05) is 25.9 Å². The van der Waals surface area contributed by atoms with Gasteiger partial charge in [-0.2, -0.15) is 0 Å². The fourth-order valence-corrected chi connectivity index (χ4v) is 1.33. The van der Waals surface area contributed by atoms with Gasteiger partial charge in [0.1, 0.15) is 6.33 Å². The smallest absolute Gasteiger partial charge is 0.115 e. The van der Waals surface area contributed by atoms with E-state index in [9.17, 15) is 5.11 Å². The van der Waals surface area contributed by atoms with Gasteiger partial charge in [-0.1, -0.05) is 0 Å². The van der Waals surface area contributed by atoms with Crippen LogP contribution < -0.4 is 5.32 Å². The zero-order valence-corrected chi connectivity index (χ0v) is 10.7. The fourth-order valence-electron chi connectivity index (χ4n) is 1.33. The predicted octanol–water partition coefficient (Wildman–Crippen LogP) is -0.0198. The van der Waals surface area contributed by atoms with Gasteiger partial charge in [-0.15, -0.1) is 0 Å². The molecule has 1 rings (SSSR count). The van der Waals surface area contributed by atoms with Gasteiger partial charge in [0.2, 0.25) is 0 Å². The third kappa shape index (κ3) is 7.29. The Morgan fingerprint density at radius 1 is 1.39 bits per heavy atom. The molecule has 0 aliphatic heterocycles. The topological polar surface area (TPSA) is 76.5 Å². The molecule has 2 N–H and O–H groups in total. The number of aromatic nitrogens is 2. The third-order valence-electron chi connectivity index (χ3n) is 2.22. The molecule has 18 heavy (non-hydrogen) atoms. The lowest BCUT2D eigenvalue weighted by atomic mass is 10.3. The number of rotatable bonds is 10. The molecule has 0 aromatic carbocycles. The number of aliphatic hydroxyl groups is 1. The molecule has 0 saturated heterocycles. The lowest BCUT2D eigenvalue weighted by molar-refractivity contribution is 0.00640. The highest BCUT2D eigenvalue weighted by Crippen LogP contribution is 1.91. The summed E-state index contributed by atoms with van der Waals surface area (Å²) >= 11 is 0. The van der Waals surface area contributed by atoms with Crippen LogP contribution in [0.5, 0.6) is 0 Å². The summed E-state index contributed by atoms with van der Waals surface area (Å²) in [5.74, 6) is 0. The molecule has 0 saturated carbocycles. The predicted molar refractivity (Wildman–Crippen MR) is 67.1 cm³/mol. The van der Waals surface area contributed by atoms with E-state index in [4.69, 9.17) is 9.47 Å². The molecule has 0 aliphatic carbocycles. The highest BCUT2D eigenvalue weighted by Gasteiger charge is 2.03. The minimum absolute atomic E-state index is 0.309. The van der Waals surface area contributed by atoms with E-state index >= 15 is 0 Å². The molecule has 0 fully saturated rings. The van der Waals surface area contributed by atoms with Crippen molar-refractivity contribution >= 4 is 0 Å². The standard InChI is InChI=1S/C12H21N3O3/c1-2-17-5-6-18-9-12(16)8-14-7-11-3-4-13-10-15-11/h3-4,10,12,14,16H,2,5-9H2,1H3. The molecule has 0 spiro atoms. The molecule has 0 aliphatic rings. The summed E-state index contributed by atoms with van der Waals surface area (Å²) in [6.07, 6.45) is 2.68. The number of nitrogens with one attached hydrogen (secondary N) is 1. The summed E-state index contributed by atoms with van der Waals surface area (Å²) in [4.78, 5) is 7.90. The van der Waals surface area contributed by atoms with E-state index in [1.165, 1.54) is 6.33 Å². The largest absolute Gasteiger partial charge is 0.389 e. The third-order valence-corrected chi connectivity index (χ3v) is 2.22. The molecule has 1 aromatic heterocycles. The zero-order valence-electron chi connectivity index (χ0n) is 10.7. The van der Waals surface area contributed by atoms with Crippen LogP contribution in [0.25, 0.3) is 0 Å². The molecular formula is C12H21N3O3. The Morgan fingerprint density at radius 3 is 2.94 bits per heavy atom. The van der Waals surface area contributed by atoms with Gasteiger partial charge in [-0.05, 0) is 13.0 Å². The molecular weight excluding hydrogens is 234 g/mol. The quantitative estimate of drug-likeness (QED) is 0.572. The first-order valence-corrected chi connectivity index (χ1v) is 6.12. The minimum atomic E-state index is -0.520. The summed E-state index contributed by atoms with van der Waals surface area (Å²) in [5, 5.41) is 12.7. The Bertz CT molecular complexity index is 298. The van der Waals surface area contributed by atoms with Gasteiger partial charge in [0.05, 0.1) is 31.6 Å². The maximum atomic E-state index is 9.62. The molecule has 102 valence electrons. The second-order valence-electron chi connectivity index (χ2n) is 3.76. The Kier molecular flexibility index (Phi) is 8.24. The number of aliphatic hydroxyl groups excluding tert-OH is 1. The molecule has 0 amide bonds. The van der Waals surface area contributed by atoms with E-state index in [0.29, 0.717) is 39.5 Å². The molecule has 1 heterocycles. The van der Waals surface area contributed by atoms with Crippen LogP contribution in [0.2, 0.25) is 0 Å². The van der Waals surface area contributed by atoms with Gasteiger partial charge >= 0.3 is 0 Å². The van der Waals surface area contributed by atoms with Crippen LogP contribution in [0.3, 0.4) is 0 Å². The molecule has 1 aromatic rings.